The molecule has 0 saturated heterocycles. The molecule has 6 atom stereocenters. The first kappa shape index (κ1) is 23.4. The van der Waals surface area contributed by atoms with Crippen molar-refractivity contribution in [3.8, 4) is 0 Å². The number of rotatable bonds is 6. The third-order valence-electron chi connectivity index (χ3n) is 7.38. The first-order valence-corrected chi connectivity index (χ1v) is 12.0. The minimum absolute atomic E-state index is 0.0574. The van der Waals surface area contributed by atoms with E-state index in [2.05, 4.69) is 10.6 Å². The Balaban J connectivity index is 1.42. The topological polar surface area (TPSA) is 84.5 Å². The monoisotopic (exact) mass is 480 g/mol. The maximum absolute atomic E-state index is 13.3. The molecule has 8 heteroatoms. The van der Waals surface area contributed by atoms with Gasteiger partial charge in [-0.15, -0.1) is 0 Å². The Morgan fingerprint density at radius 3 is 2.34 bits per heavy atom. The molecule has 5 rings (SSSR count). The Kier molecular flexibility index (Phi) is 6.23. The smallest absolute Gasteiger partial charge is 0.312 e. The van der Waals surface area contributed by atoms with Gasteiger partial charge in [0.15, 0.2) is 6.10 Å². The quantitative estimate of drug-likeness (QED) is 0.583. The van der Waals surface area contributed by atoms with Crippen LogP contribution in [-0.4, -0.2) is 29.4 Å². The number of halogens is 2. The van der Waals surface area contributed by atoms with Crippen molar-refractivity contribution < 1.29 is 19.1 Å². The van der Waals surface area contributed by atoms with E-state index in [9.17, 15) is 14.4 Å². The lowest BCUT2D eigenvalue weighted by Crippen LogP contribution is -2.65. The normalized spacial score (nSPS) is 32.2. The average Bonchev–Trinajstić information content (AvgIpc) is 2.65. The number of amides is 2. The third kappa shape index (κ3) is 4.49. The molecule has 32 heavy (non-hydrogen) atoms. The van der Waals surface area contributed by atoms with Gasteiger partial charge in [0.1, 0.15) is 0 Å². The lowest BCUT2D eigenvalue weighted by Gasteiger charge is -2.60. The van der Waals surface area contributed by atoms with E-state index in [1.54, 1.807) is 25.1 Å². The van der Waals surface area contributed by atoms with Gasteiger partial charge >= 0.3 is 5.97 Å². The van der Waals surface area contributed by atoms with Crippen LogP contribution >= 0.6 is 23.2 Å². The zero-order valence-electron chi connectivity index (χ0n) is 18.7. The second-order valence-electron chi connectivity index (χ2n) is 10.1. The van der Waals surface area contributed by atoms with E-state index in [0.29, 0.717) is 28.3 Å². The van der Waals surface area contributed by atoms with E-state index < -0.39 is 11.5 Å². The van der Waals surface area contributed by atoms with Crippen molar-refractivity contribution in [2.24, 2.45) is 17.3 Å². The molecule has 4 saturated carbocycles. The van der Waals surface area contributed by atoms with Crippen LogP contribution in [0.2, 0.25) is 10.0 Å². The Hall–Kier alpha value is -1.79. The van der Waals surface area contributed by atoms with Gasteiger partial charge in [0, 0.05) is 22.5 Å². The number of carbonyl (C=O) groups excluding carboxylic acids is 3. The molecule has 2 amide bonds. The van der Waals surface area contributed by atoms with Gasteiger partial charge in [0.2, 0.25) is 5.91 Å². The van der Waals surface area contributed by atoms with Crippen LogP contribution in [0.25, 0.3) is 0 Å². The van der Waals surface area contributed by atoms with Crippen LogP contribution in [0, 0.1) is 17.3 Å². The van der Waals surface area contributed by atoms with Crippen LogP contribution in [0.1, 0.15) is 70.9 Å². The minimum atomic E-state index is -0.930. The van der Waals surface area contributed by atoms with Crippen molar-refractivity contribution in [1.82, 2.24) is 10.6 Å². The summed E-state index contributed by atoms with van der Waals surface area (Å²) in [7, 11) is 0. The fourth-order valence-electron chi connectivity index (χ4n) is 6.62. The average molecular weight is 481 g/mol. The lowest BCUT2D eigenvalue weighted by molar-refractivity contribution is -0.182. The van der Waals surface area contributed by atoms with Gasteiger partial charge < -0.3 is 15.4 Å². The highest BCUT2D eigenvalue weighted by molar-refractivity contribution is 6.35. The lowest BCUT2D eigenvalue weighted by atomic mass is 9.47. The number of ether oxygens (including phenoxy) is 1. The van der Waals surface area contributed by atoms with Crippen LogP contribution in [0.15, 0.2) is 18.2 Å². The summed E-state index contributed by atoms with van der Waals surface area (Å²) in [6.45, 7) is 4.94. The van der Waals surface area contributed by atoms with E-state index >= 15 is 0 Å². The van der Waals surface area contributed by atoms with E-state index in [0.717, 1.165) is 37.7 Å². The summed E-state index contributed by atoms with van der Waals surface area (Å²) < 4.78 is 5.72. The SMILES string of the molecule is CC(=O)NC12C[C@H]3C[C@@H](C1)CC(C(=O)O[C@H](C)C(=O)N[C@H](C)c1ccc(Cl)cc1Cl)(C3)C2. The molecular weight excluding hydrogens is 451 g/mol. The van der Waals surface area contributed by atoms with Crippen molar-refractivity contribution in [2.75, 3.05) is 0 Å². The first-order valence-electron chi connectivity index (χ1n) is 11.3. The van der Waals surface area contributed by atoms with Gasteiger partial charge in [-0.05, 0) is 81.9 Å². The van der Waals surface area contributed by atoms with Crippen molar-refractivity contribution in [2.45, 2.75) is 77.0 Å². The number of nitrogens with one attached hydrogen (secondary N) is 2. The van der Waals surface area contributed by atoms with E-state index in [4.69, 9.17) is 27.9 Å². The Bertz CT molecular complexity index is 936. The highest BCUT2D eigenvalue weighted by atomic mass is 35.5. The van der Waals surface area contributed by atoms with Gasteiger partial charge in [-0.1, -0.05) is 29.3 Å². The number of hydrogen-bond acceptors (Lipinski definition) is 4. The van der Waals surface area contributed by atoms with Crippen LogP contribution in [0.3, 0.4) is 0 Å². The molecule has 0 aromatic heterocycles. The Morgan fingerprint density at radius 2 is 1.75 bits per heavy atom. The van der Waals surface area contributed by atoms with Gasteiger partial charge in [-0.3, -0.25) is 14.4 Å². The van der Waals surface area contributed by atoms with Gasteiger partial charge in [0.25, 0.3) is 5.91 Å². The van der Waals surface area contributed by atoms with Crippen LogP contribution in [0.5, 0.6) is 0 Å². The summed E-state index contributed by atoms with van der Waals surface area (Å²) in [5.41, 5.74) is -0.201. The Labute approximate surface area is 198 Å². The first-order chi connectivity index (χ1) is 15.0. The molecule has 0 spiro atoms. The van der Waals surface area contributed by atoms with E-state index in [-0.39, 0.29) is 29.4 Å². The summed E-state index contributed by atoms with van der Waals surface area (Å²) in [4.78, 5) is 37.9. The van der Waals surface area contributed by atoms with Gasteiger partial charge in [0.05, 0.1) is 11.5 Å². The standard InChI is InChI=1S/C24H30Cl2N2O4/c1-13(19-5-4-18(25)7-20(19)26)27-21(30)14(2)32-22(31)23-8-16-6-17(9-23)11-24(10-16,12-23)28-15(3)29/h4-5,7,13-14,16-17H,6,8-12H2,1-3H3,(H,27,30)(H,28,29)/t13-,14-,16-,17+,23?,24?/m1/s1. The maximum Gasteiger partial charge on any atom is 0.312 e. The highest BCUT2D eigenvalue weighted by Crippen LogP contribution is 2.62. The molecule has 1 aromatic carbocycles. The zero-order valence-corrected chi connectivity index (χ0v) is 20.2. The molecule has 2 unspecified atom stereocenters. The summed E-state index contributed by atoms with van der Waals surface area (Å²) in [5, 5.41) is 7.00. The molecule has 1 aromatic rings. The second-order valence-corrected chi connectivity index (χ2v) is 11.0. The molecule has 0 heterocycles. The predicted molar refractivity (Wildman–Crippen MR) is 122 cm³/mol. The zero-order chi connectivity index (χ0) is 23.3. The highest BCUT2D eigenvalue weighted by Gasteiger charge is 2.61. The number of carbonyl (C=O) groups is 3. The van der Waals surface area contributed by atoms with E-state index in [1.807, 2.05) is 6.92 Å². The largest absolute Gasteiger partial charge is 0.452 e. The third-order valence-corrected chi connectivity index (χ3v) is 7.94. The molecule has 6 nitrogen and oxygen atoms in total. The summed E-state index contributed by atoms with van der Waals surface area (Å²) >= 11 is 12.2. The fraction of sp³-hybridized carbons (Fsp3) is 0.625. The maximum atomic E-state index is 13.3. The van der Waals surface area contributed by atoms with Crippen LogP contribution in [-0.2, 0) is 19.1 Å². The predicted octanol–water partition coefficient (Wildman–Crippen LogP) is 4.58. The summed E-state index contributed by atoms with van der Waals surface area (Å²) in [6.07, 6.45) is 4.16. The summed E-state index contributed by atoms with van der Waals surface area (Å²) in [5.74, 6) is 0.0658. The number of benzene rings is 1. The molecule has 4 aliphatic carbocycles. The van der Waals surface area contributed by atoms with Gasteiger partial charge in [-0.2, -0.15) is 0 Å². The van der Waals surface area contributed by atoms with Crippen molar-refractivity contribution in [3.05, 3.63) is 33.8 Å². The fourth-order valence-corrected chi connectivity index (χ4v) is 7.19. The summed E-state index contributed by atoms with van der Waals surface area (Å²) in [6, 6.07) is 4.74. The Morgan fingerprint density at radius 1 is 1.09 bits per heavy atom. The van der Waals surface area contributed by atoms with Crippen LogP contribution < -0.4 is 10.6 Å². The number of esters is 1. The minimum Gasteiger partial charge on any atom is -0.452 e. The van der Waals surface area contributed by atoms with Crippen molar-refractivity contribution in [1.29, 1.82) is 0 Å². The molecular formula is C24H30Cl2N2O4. The second kappa shape index (κ2) is 8.53. The van der Waals surface area contributed by atoms with Crippen molar-refractivity contribution >= 4 is 41.0 Å². The molecule has 0 aliphatic heterocycles. The van der Waals surface area contributed by atoms with E-state index in [1.165, 1.54) is 6.92 Å². The molecule has 2 N–H and O–H groups in total. The molecule has 174 valence electrons. The number of hydrogen-bond donors (Lipinski definition) is 2. The van der Waals surface area contributed by atoms with Crippen LogP contribution in [0.4, 0.5) is 0 Å². The molecule has 4 bridgehead atoms. The molecule has 4 aliphatic rings. The molecule has 4 fully saturated rings. The van der Waals surface area contributed by atoms with Crippen molar-refractivity contribution in [3.63, 3.8) is 0 Å². The molecule has 0 radical (unpaired) electrons. The van der Waals surface area contributed by atoms with Gasteiger partial charge in [-0.25, -0.2) is 0 Å².